The normalized spacial score (nSPS) is 10.1. The Morgan fingerprint density at radius 2 is 1.64 bits per heavy atom. The van der Waals surface area contributed by atoms with Gasteiger partial charge in [-0.15, -0.1) is 0 Å². The van der Waals surface area contributed by atoms with Gasteiger partial charge in [0.1, 0.15) is 0 Å². The molecule has 2 aromatic carbocycles. The van der Waals surface area contributed by atoms with Crippen LogP contribution in [0.3, 0.4) is 0 Å². The topological polar surface area (TPSA) is 55.8 Å². The van der Waals surface area contributed by atoms with Crippen LogP contribution < -0.4 is 5.06 Å². The number of nitrogens with zero attached hydrogens (tertiary/aromatic N) is 1. The van der Waals surface area contributed by atoms with E-state index in [1.165, 1.54) is 14.0 Å². The third-order valence-corrected chi connectivity index (χ3v) is 3.03. The first-order chi connectivity index (χ1) is 10.6. The minimum atomic E-state index is -0.552. The third kappa shape index (κ3) is 3.71. The molecule has 0 spiro atoms. The smallest absolute Gasteiger partial charge is 0.334 e. The molecule has 0 fully saturated rings. The Bertz CT molecular complexity index is 655. The molecule has 0 aliphatic carbocycles. The number of rotatable bonds is 5. The summed E-state index contributed by atoms with van der Waals surface area (Å²) in [6.45, 7) is 1.04. The summed E-state index contributed by atoms with van der Waals surface area (Å²) in [6, 6.07) is 17.0. The molecule has 0 saturated carbocycles. The second-order valence-electron chi connectivity index (χ2n) is 4.55. The highest BCUT2D eigenvalue weighted by molar-refractivity contribution is 5.94. The van der Waals surface area contributed by atoms with Gasteiger partial charge in [0.05, 0.1) is 12.8 Å². The number of hydroxylamine groups is 1. The van der Waals surface area contributed by atoms with Crippen molar-refractivity contribution in [2.45, 2.75) is 6.92 Å². The maximum atomic E-state index is 11.9. The molecular formula is C17H17NO4. The minimum Gasteiger partial charge on any atom is -0.467 e. The average Bonchev–Trinajstić information content (AvgIpc) is 2.55. The van der Waals surface area contributed by atoms with Crippen molar-refractivity contribution in [1.82, 2.24) is 0 Å². The van der Waals surface area contributed by atoms with Crippen LogP contribution in [0, 0.1) is 0 Å². The Hall–Kier alpha value is -2.66. The molecule has 5 nitrogen and oxygen atoms in total. The fourth-order valence-corrected chi connectivity index (χ4v) is 2.02. The number of esters is 1. The highest BCUT2D eigenvalue weighted by Gasteiger charge is 2.18. The average molecular weight is 299 g/mol. The van der Waals surface area contributed by atoms with Gasteiger partial charge in [0.2, 0.25) is 5.91 Å². The molecule has 22 heavy (non-hydrogen) atoms. The van der Waals surface area contributed by atoms with Crippen molar-refractivity contribution in [2.24, 2.45) is 0 Å². The van der Waals surface area contributed by atoms with Gasteiger partial charge >= 0.3 is 5.97 Å². The number of carbonyl (C=O) groups is 2. The van der Waals surface area contributed by atoms with Crippen LogP contribution in [0.25, 0.3) is 11.1 Å². The van der Waals surface area contributed by atoms with Crippen molar-refractivity contribution in [3.05, 3.63) is 54.6 Å². The largest absolute Gasteiger partial charge is 0.467 e. The molecule has 1 amide bonds. The third-order valence-electron chi connectivity index (χ3n) is 3.03. The van der Waals surface area contributed by atoms with Crippen molar-refractivity contribution in [1.29, 1.82) is 0 Å². The van der Waals surface area contributed by atoms with E-state index in [4.69, 9.17) is 4.84 Å². The van der Waals surface area contributed by atoms with Gasteiger partial charge in [-0.05, 0) is 11.6 Å². The predicted octanol–water partition coefficient (Wildman–Crippen LogP) is 2.81. The minimum absolute atomic E-state index is 0.327. The van der Waals surface area contributed by atoms with Crippen molar-refractivity contribution in [3.8, 4) is 11.1 Å². The van der Waals surface area contributed by atoms with Crippen LogP contribution in [-0.2, 0) is 19.2 Å². The molecule has 0 aliphatic heterocycles. The zero-order chi connectivity index (χ0) is 15.9. The molecule has 0 aromatic heterocycles. The lowest BCUT2D eigenvalue weighted by Gasteiger charge is -2.22. The molecule has 0 N–H and O–H groups in total. The van der Waals surface area contributed by atoms with Gasteiger partial charge in [-0.25, -0.2) is 4.79 Å². The van der Waals surface area contributed by atoms with Gasteiger partial charge in [-0.1, -0.05) is 48.5 Å². The van der Waals surface area contributed by atoms with Crippen molar-refractivity contribution in [2.75, 3.05) is 18.8 Å². The van der Waals surface area contributed by atoms with E-state index in [2.05, 4.69) is 4.74 Å². The summed E-state index contributed by atoms with van der Waals surface area (Å²) in [5.41, 5.74) is 2.36. The number of ether oxygens (including phenoxy) is 1. The predicted molar refractivity (Wildman–Crippen MR) is 83.0 cm³/mol. The number of para-hydroxylation sites is 1. The summed E-state index contributed by atoms with van der Waals surface area (Å²) in [5.74, 6) is -0.879. The molecule has 0 unspecified atom stereocenters. The summed E-state index contributed by atoms with van der Waals surface area (Å²) in [5, 5.41) is 1.11. The molecule has 2 rings (SSSR count). The summed E-state index contributed by atoms with van der Waals surface area (Å²) in [7, 11) is 1.27. The first kappa shape index (κ1) is 15.7. The van der Waals surface area contributed by atoms with Gasteiger partial charge in [0.15, 0.2) is 6.61 Å². The molecular weight excluding hydrogens is 282 g/mol. The Balaban J connectivity index is 2.36. The molecule has 0 heterocycles. The van der Waals surface area contributed by atoms with Crippen LogP contribution in [0.15, 0.2) is 54.6 Å². The maximum Gasteiger partial charge on any atom is 0.334 e. The number of anilines is 1. The van der Waals surface area contributed by atoms with Gasteiger partial charge in [-0.3, -0.25) is 9.63 Å². The summed E-state index contributed by atoms with van der Waals surface area (Å²) in [4.78, 5) is 28.4. The van der Waals surface area contributed by atoms with Gasteiger partial charge in [0, 0.05) is 12.5 Å². The molecule has 0 radical (unpaired) electrons. The fourth-order valence-electron chi connectivity index (χ4n) is 2.02. The van der Waals surface area contributed by atoms with Crippen LogP contribution >= 0.6 is 0 Å². The fraction of sp³-hybridized carbons (Fsp3) is 0.176. The Kier molecular flexibility index (Phi) is 5.27. The Labute approximate surface area is 129 Å². The number of carbonyl (C=O) groups excluding carboxylic acids is 2. The monoisotopic (exact) mass is 299 g/mol. The number of amides is 1. The van der Waals surface area contributed by atoms with E-state index in [0.717, 1.165) is 16.2 Å². The molecule has 0 aliphatic rings. The molecule has 2 aromatic rings. The zero-order valence-electron chi connectivity index (χ0n) is 12.5. The molecule has 0 bridgehead atoms. The van der Waals surface area contributed by atoms with Crippen molar-refractivity contribution < 1.29 is 19.2 Å². The molecule has 0 saturated heterocycles. The van der Waals surface area contributed by atoms with Crippen LogP contribution in [-0.4, -0.2) is 25.6 Å². The van der Waals surface area contributed by atoms with E-state index in [1.807, 2.05) is 42.5 Å². The van der Waals surface area contributed by atoms with Gasteiger partial charge in [-0.2, -0.15) is 5.06 Å². The van der Waals surface area contributed by atoms with E-state index in [1.54, 1.807) is 12.1 Å². The Morgan fingerprint density at radius 3 is 2.27 bits per heavy atom. The highest BCUT2D eigenvalue weighted by atomic mass is 16.7. The second-order valence-corrected chi connectivity index (χ2v) is 4.55. The van der Waals surface area contributed by atoms with E-state index in [0.29, 0.717) is 5.69 Å². The van der Waals surface area contributed by atoms with Crippen LogP contribution in [0.4, 0.5) is 5.69 Å². The maximum absolute atomic E-state index is 11.9. The van der Waals surface area contributed by atoms with E-state index in [-0.39, 0.29) is 12.5 Å². The number of methoxy groups -OCH3 is 1. The van der Waals surface area contributed by atoms with Gasteiger partial charge < -0.3 is 4.74 Å². The second kappa shape index (κ2) is 7.38. The lowest BCUT2D eigenvalue weighted by Crippen LogP contribution is -2.31. The van der Waals surface area contributed by atoms with Crippen LogP contribution in [0.5, 0.6) is 0 Å². The SMILES string of the molecule is COC(=O)CON(C(C)=O)c1ccccc1-c1ccccc1. The summed E-state index contributed by atoms with van der Waals surface area (Å²) in [6.07, 6.45) is 0. The first-order valence-corrected chi connectivity index (χ1v) is 6.78. The van der Waals surface area contributed by atoms with E-state index >= 15 is 0 Å². The summed E-state index contributed by atoms with van der Waals surface area (Å²) < 4.78 is 4.53. The van der Waals surface area contributed by atoms with Crippen molar-refractivity contribution >= 4 is 17.6 Å². The molecule has 5 heteroatoms. The standard InChI is InChI=1S/C17H17NO4/c1-13(19)18(22-12-17(20)21-2)16-11-7-6-10-15(16)14-8-4-3-5-9-14/h3-11H,12H2,1-2H3. The van der Waals surface area contributed by atoms with Gasteiger partial charge in [0.25, 0.3) is 0 Å². The van der Waals surface area contributed by atoms with Crippen LogP contribution in [0.2, 0.25) is 0 Å². The zero-order valence-corrected chi connectivity index (χ0v) is 12.5. The Morgan fingerprint density at radius 1 is 1.00 bits per heavy atom. The molecule has 0 atom stereocenters. The molecule has 114 valence electrons. The lowest BCUT2D eigenvalue weighted by atomic mass is 10.0. The first-order valence-electron chi connectivity index (χ1n) is 6.78. The number of hydrogen-bond acceptors (Lipinski definition) is 4. The van der Waals surface area contributed by atoms with E-state index < -0.39 is 5.97 Å². The van der Waals surface area contributed by atoms with E-state index in [9.17, 15) is 9.59 Å². The van der Waals surface area contributed by atoms with Crippen LogP contribution in [0.1, 0.15) is 6.92 Å². The number of benzene rings is 2. The summed E-state index contributed by atoms with van der Waals surface area (Å²) >= 11 is 0. The van der Waals surface area contributed by atoms with Crippen molar-refractivity contribution in [3.63, 3.8) is 0 Å². The lowest BCUT2D eigenvalue weighted by molar-refractivity contribution is -0.147. The quantitative estimate of drug-likeness (QED) is 0.629. The highest BCUT2D eigenvalue weighted by Crippen LogP contribution is 2.30. The number of hydrogen-bond donors (Lipinski definition) is 0.